The number of hydrogen-bond acceptors (Lipinski definition) is 4. The van der Waals surface area contributed by atoms with Gasteiger partial charge in [-0.05, 0) is 50.8 Å². The topological polar surface area (TPSA) is 63.7 Å². The Morgan fingerprint density at radius 3 is 2.42 bits per heavy atom. The lowest BCUT2D eigenvalue weighted by molar-refractivity contribution is -0.146. The number of benzene rings is 2. The molecule has 33 heavy (non-hydrogen) atoms. The van der Waals surface area contributed by atoms with Gasteiger partial charge in [-0.2, -0.15) is 4.31 Å². The van der Waals surface area contributed by atoms with E-state index < -0.39 is 38.3 Å². The zero-order valence-corrected chi connectivity index (χ0v) is 19.7. The van der Waals surface area contributed by atoms with E-state index in [2.05, 4.69) is 0 Å². The van der Waals surface area contributed by atoms with Gasteiger partial charge in [0.1, 0.15) is 22.3 Å². The van der Waals surface area contributed by atoms with Gasteiger partial charge in [-0.15, -0.1) is 0 Å². The van der Waals surface area contributed by atoms with Gasteiger partial charge in [0.05, 0.1) is 7.11 Å². The lowest BCUT2D eigenvalue weighted by Crippen LogP contribution is -2.45. The van der Waals surface area contributed by atoms with Crippen molar-refractivity contribution in [2.45, 2.75) is 56.4 Å². The molecular weight excluding hydrogens is 448 g/mol. The van der Waals surface area contributed by atoms with E-state index >= 15 is 8.78 Å². The predicted molar refractivity (Wildman–Crippen MR) is 121 cm³/mol. The van der Waals surface area contributed by atoms with Gasteiger partial charge < -0.3 is 4.74 Å². The number of methoxy groups -OCH3 is 1. The van der Waals surface area contributed by atoms with Crippen molar-refractivity contribution in [3.05, 3.63) is 82.4 Å². The first-order valence-corrected chi connectivity index (χ1v) is 12.4. The molecule has 2 aromatic rings. The van der Waals surface area contributed by atoms with E-state index in [4.69, 9.17) is 4.74 Å². The second kappa shape index (κ2) is 8.65. The van der Waals surface area contributed by atoms with E-state index in [1.807, 2.05) is 6.07 Å². The second-order valence-electron chi connectivity index (χ2n) is 8.97. The monoisotopic (exact) mass is 475 g/mol. The molecule has 0 N–H and O–H groups in total. The van der Waals surface area contributed by atoms with Gasteiger partial charge in [0.2, 0.25) is 10.0 Å². The normalized spacial score (nSPS) is 26.9. The molecule has 4 rings (SSSR count). The van der Waals surface area contributed by atoms with Crippen molar-refractivity contribution < 1.29 is 26.7 Å². The molecule has 1 saturated heterocycles. The molecular formula is C25H27F2NO4S. The van der Waals surface area contributed by atoms with E-state index in [0.29, 0.717) is 18.4 Å². The summed E-state index contributed by atoms with van der Waals surface area (Å²) < 4.78 is 63.3. The molecule has 0 amide bonds. The first-order chi connectivity index (χ1) is 15.6. The lowest BCUT2D eigenvalue weighted by atomic mass is 9.66. The maximum absolute atomic E-state index is 15.2. The van der Waals surface area contributed by atoms with Gasteiger partial charge >= 0.3 is 5.97 Å². The molecule has 3 atom stereocenters. The smallest absolute Gasteiger partial charge is 0.320 e. The van der Waals surface area contributed by atoms with E-state index in [1.165, 1.54) is 11.4 Å². The minimum absolute atomic E-state index is 0.0690. The molecule has 0 bridgehead atoms. The van der Waals surface area contributed by atoms with E-state index in [1.54, 1.807) is 44.2 Å². The van der Waals surface area contributed by atoms with Gasteiger partial charge in [0, 0.05) is 23.7 Å². The highest BCUT2D eigenvalue weighted by atomic mass is 32.2. The van der Waals surface area contributed by atoms with Crippen molar-refractivity contribution in [2.75, 3.05) is 7.11 Å². The Labute approximate surface area is 193 Å². The number of rotatable bonds is 5. The maximum atomic E-state index is 15.2. The Hall–Kier alpha value is -2.58. The highest BCUT2D eigenvalue weighted by Gasteiger charge is 2.47. The average molecular weight is 476 g/mol. The number of carbonyl (C=O) groups is 1. The summed E-state index contributed by atoms with van der Waals surface area (Å²) in [5.74, 6) is -2.17. The highest BCUT2D eigenvalue weighted by Crippen LogP contribution is 2.45. The van der Waals surface area contributed by atoms with Crippen LogP contribution in [0.5, 0.6) is 0 Å². The molecule has 8 heteroatoms. The maximum Gasteiger partial charge on any atom is 0.320 e. The summed E-state index contributed by atoms with van der Waals surface area (Å²) in [6.07, 6.45) is 2.90. The molecule has 0 saturated carbocycles. The average Bonchev–Trinajstić information content (AvgIpc) is 2.76. The summed E-state index contributed by atoms with van der Waals surface area (Å²) in [6, 6.07) is 10.6. The molecule has 5 nitrogen and oxygen atoms in total. The highest BCUT2D eigenvalue weighted by molar-refractivity contribution is 7.89. The third-order valence-corrected chi connectivity index (χ3v) is 9.11. The molecule has 2 aliphatic rings. The molecule has 1 aliphatic heterocycles. The second-order valence-corrected chi connectivity index (χ2v) is 11.0. The lowest BCUT2D eigenvalue weighted by Gasteiger charge is -2.38. The molecule has 1 heterocycles. The van der Waals surface area contributed by atoms with Gasteiger partial charge in [0.25, 0.3) is 0 Å². The summed E-state index contributed by atoms with van der Waals surface area (Å²) in [5.41, 5.74) is 0.0388. The van der Waals surface area contributed by atoms with Crippen molar-refractivity contribution >= 4 is 16.0 Å². The fourth-order valence-electron chi connectivity index (χ4n) is 5.00. The summed E-state index contributed by atoms with van der Waals surface area (Å²) in [6.45, 7) is 3.29. The van der Waals surface area contributed by atoms with Crippen LogP contribution in [0.4, 0.5) is 8.78 Å². The molecule has 2 aromatic carbocycles. The van der Waals surface area contributed by atoms with Gasteiger partial charge in [-0.25, -0.2) is 17.2 Å². The minimum Gasteiger partial charge on any atom is -0.468 e. The predicted octanol–water partition coefficient (Wildman–Crippen LogP) is 4.78. The Balaban J connectivity index is 1.68. The van der Waals surface area contributed by atoms with Crippen LogP contribution in [0.1, 0.15) is 55.1 Å². The van der Waals surface area contributed by atoms with Crippen molar-refractivity contribution in [1.82, 2.24) is 4.31 Å². The van der Waals surface area contributed by atoms with Gasteiger partial charge in [-0.3, -0.25) is 4.79 Å². The van der Waals surface area contributed by atoms with Crippen molar-refractivity contribution in [2.24, 2.45) is 0 Å². The van der Waals surface area contributed by atoms with Crippen LogP contribution in [0.15, 0.2) is 54.1 Å². The van der Waals surface area contributed by atoms with Crippen LogP contribution in [0, 0.1) is 11.6 Å². The van der Waals surface area contributed by atoms with Crippen LogP contribution in [0.2, 0.25) is 0 Å². The van der Waals surface area contributed by atoms with Crippen molar-refractivity contribution in [3.8, 4) is 0 Å². The SMILES string of the molecule is COC(=O)C1(c2cc(F)c(CN3[C@@H](C)CC[C@H](c4ccccc4)S3(=O)=O)cc2F)C=C(C)C1. The zero-order valence-electron chi connectivity index (χ0n) is 18.8. The summed E-state index contributed by atoms with van der Waals surface area (Å²) >= 11 is 0. The molecule has 0 aromatic heterocycles. The number of nitrogens with zero attached hydrogens (tertiary/aromatic N) is 1. The summed E-state index contributed by atoms with van der Waals surface area (Å²) in [5, 5.41) is -0.729. The first kappa shape index (κ1) is 23.6. The van der Waals surface area contributed by atoms with E-state index in [0.717, 1.165) is 17.7 Å². The van der Waals surface area contributed by atoms with Crippen LogP contribution in [0.3, 0.4) is 0 Å². The molecule has 1 fully saturated rings. The zero-order chi connectivity index (χ0) is 24.0. The van der Waals surface area contributed by atoms with Crippen molar-refractivity contribution in [1.29, 1.82) is 0 Å². The quantitative estimate of drug-likeness (QED) is 0.461. The number of halogens is 2. The Kier molecular flexibility index (Phi) is 6.18. The van der Waals surface area contributed by atoms with Gasteiger partial charge in [0.15, 0.2) is 0 Å². The number of esters is 1. The van der Waals surface area contributed by atoms with E-state index in [9.17, 15) is 13.2 Å². The van der Waals surface area contributed by atoms with Crippen LogP contribution in [-0.4, -0.2) is 31.8 Å². The minimum atomic E-state index is -3.79. The molecule has 0 radical (unpaired) electrons. The third kappa shape index (κ3) is 3.99. The fourth-order valence-corrected chi connectivity index (χ4v) is 7.19. The molecule has 1 aliphatic carbocycles. The number of hydrogen-bond donors (Lipinski definition) is 0. The van der Waals surface area contributed by atoms with Crippen molar-refractivity contribution in [3.63, 3.8) is 0 Å². The number of ether oxygens (including phenoxy) is 1. The van der Waals surface area contributed by atoms with Crippen LogP contribution >= 0.6 is 0 Å². The fraction of sp³-hybridized carbons (Fsp3) is 0.400. The van der Waals surface area contributed by atoms with Gasteiger partial charge in [-0.1, -0.05) is 42.0 Å². The third-order valence-electron chi connectivity index (χ3n) is 6.74. The number of allylic oxidation sites excluding steroid dienone is 1. The van der Waals surface area contributed by atoms with Crippen LogP contribution < -0.4 is 0 Å². The number of sulfonamides is 1. The summed E-state index contributed by atoms with van der Waals surface area (Å²) in [7, 11) is -2.58. The molecule has 1 unspecified atom stereocenters. The first-order valence-electron chi connectivity index (χ1n) is 10.9. The molecule has 0 spiro atoms. The number of carbonyl (C=O) groups excluding carboxylic acids is 1. The summed E-state index contributed by atoms with van der Waals surface area (Å²) in [4.78, 5) is 12.4. The van der Waals surface area contributed by atoms with Crippen LogP contribution in [-0.2, 0) is 31.5 Å². The Morgan fingerprint density at radius 2 is 1.82 bits per heavy atom. The standard InChI is InChI=1S/C25H27F2NO4S/c1-16-13-25(14-16,24(29)32-3)20-12-21(26)19(11-22(20)27)15-28-17(2)9-10-23(33(28,30)31)18-7-5-4-6-8-18/h4-8,11-13,17,23H,9-10,14-15H2,1-3H3/t17-,23+,25?/m0/s1. The largest absolute Gasteiger partial charge is 0.468 e. The van der Waals surface area contributed by atoms with E-state index in [-0.39, 0.29) is 30.1 Å². The van der Waals surface area contributed by atoms with Crippen LogP contribution in [0.25, 0.3) is 0 Å². The molecule has 176 valence electrons. The Bertz CT molecular complexity index is 1210. The Morgan fingerprint density at radius 1 is 1.15 bits per heavy atom.